The van der Waals surface area contributed by atoms with Gasteiger partial charge in [-0.1, -0.05) is 13.0 Å². The van der Waals surface area contributed by atoms with Gasteiger partial charge in [0.2, 0.25) is 10.0 Å². The number of aromatic amines is 1. The van der Waals surface area contributed by atoms with E-state index in [1.807, 2.05) is 0 Å². The molecule has 1 fully saturated rings. The zero-order chi connectivity index (χ0) is 29.1. The Kier molecular flexibility index (Phi) is 9.05. The molecule has 10 nitrogen and oxygen atoms in total. The van der Waals surface area contributed by atoms with Crippen molar-refractivity contribution >= 4 is 39.0 Å². The van der Waals surface area contributed by atoms with Crippen LogP contribution in [0.3, 0.4) is 0 Å². The lowest BCUT2D eigenvalue weighted by molar-refractivity contribution is -0.140. The van der Waals surface area contributed by atoms with Crippen LogP contribution in [0.5, 0.6) is 0 Å². The van der Waals surface area contributed by atoms with Gasteiger partial charge < -0.3 is 15.4 Å². The summed E-state index contributed by atoms with van der Waals surface area (Å²) < 4.78 is 76.5. The van der Waals surface area contributed by atoms with Crippen molar-refractivity contribution in [2.24, 2.45) is 0 Å². The Morgan fingerprint density at radius 1 is 1.20 bits per heavy atom. The van der Waals surface area contributed by atoms with E-state index in [0.717, 1.165) is 11.3 Å². The number of carbonyl (C=O) groups is 1. The molecule has 40 heavy (non-hydrogen) atoms. The molecular weight excluding hydrogens is 569 g/mol. The minimum absolute atomic E-state index is 0.0576. The van der Waals surface area contributed by atoms with Gasteiger partial charge in [-0.15, -0.1) is 11.3 Å². The summed E-state index contributed by atoms with van der Waals surface area (Å²) in [4.78, 5) is 15.4. The highest BCUT2D eigenvalue weighted by Gasteiger charge is 2.40. The van der Waals surface area contributed by atoms with Crippen LogP contribution in [0, 0.1) is 0 Å². The molecule has 218 valence electrons. The first kappa shape index (κ1) is 29.8. The molecule has 2 aromatic heterocycles. The number of benzene rings is 1. The first-order chi connectivity index (χ1) is 18.9. The Labute approximate surface area is 234 Å². The van der Waals surface area contributed by atoms with Gasteiger partial charge in [0, 0.05) is 35.8 Å². The van der Waals surface area contributed by atoms with E-state index in [1.54, 1.807) is 26.8 Å². The van der Waals surface area contributed by atoms with Crippen molar-refractivity contribution < 1.29 is 31.1 Å². The van der Waals surface area contributed by atoms with E-state index in [2.05, 4.69) is 30.5 Å². The lowest BCUT2D eigenvalue weighted by atomic mass is 9.86. The Balaban J connectivity index is 1.66. The van der Waals surface area contributed by atoms with Crippen LogP contribution in [0.4, 0.5) is 29.5 Å². The molecule has 1 aliphatic carbocycles. The molecule has 0 aliphatic heterocycles. The first-order valence-corrected chi connectivity index (χ1v) is 15.1. The predicted octanol–water partition coefficient (Wildman–Crippen LogP) is 5.75. The van der Waals surface area contributed by atoms with Crippen molar-refractivity contribution in [1.29, 1.82) is 0 Å². The number of nitrogens with zero attached hydrogens (tertiary/aromatic N) is 2. The number of hydrogen-bond acceptors (Lipinski definition) is 8. The summed E-state index contributed by atoms with van der Waals surface area (Å²) >= 11 is 0.857. The van der Waals surface area contributed by atoms with Crippen molar-refractivity contribution in [3.63, 3.8) is 0 Å². The van der Waals surface area contributed by atoms with Gasteiger partial charge in [-0.05, 0) is 51.7 Å². The molecule has 3 aromatic rings. The number of sulfonamides is 1. The fourth-order valence-corrected chi connectivity index (χ4v) is 7.18. The summed E-state index contributed by atoms with van der Waals surface area (Å²) in [5, 5.41) is 12.6. The summed E-state index contributed by atoms with van der Waals surface area (Å²) in [7, 11) is -4.15. The summed E-state index contributed by atoms with van der Waals surface area (Å²) in [5.74, 6) is 0.229. The Morgan fingerprint density at radius 3 is 2.52 bits per heavy atom. The van der Waals surface area contributed by atoms with E-state index in [0.29, 0.717) is 37.2 Å². The van der Waals surface area contributed by atoms with Gasteiger partial charge in [0.1, 0.15) is 5.82 Å². The largest absolute Gasteiger partial charge is 0.447 e. The number of alkyl halides is 3. The number of nitrogens with one attached hydrogen (secondary N) is 4. The molecule has 4 rings (SSSR count). The zero-order valence-electron chi connectivity index (χ0n) is 22.1. The molecule has 2 heterocycles. The van der Waals surface area contributed by atoms with Crippen LogP contribution in [0.25, 0.3) is 10.4 Å². The van der Waals surface area contributed by atoms with E-state index in [4.69, 9.17) is 4.74 Å². The molecule has 0 bridgehead atoms. The second kappa shape index (κ2) is 12.1. The number of hydrogen-bond donors (Lipinski definition) is 4. The SMILES string of the molecule is CCNS(=O)(=O)c1cc(Nc2ccn[nH]2)ccc1-c1sc([C@H]2CC[C@H](NC(=O)OC(C)C)CC2)nc1C(F)(F)F. The maximum absolute atomic E-state index is 14.2. The van der Waals surface area contributed by atoms with Crippen molar-refractivity contribution in [2.75, 3.05) is 11.9 Å². The predicted molar refractivity (Wildman–Crippen MR) is 145 cm³/mol. The first-order valence-electron chi connectivity index (χ1n) is 12.8. The number of H-pyrrole nitrogens is 1. The van der Waals surface area contributed by atoms with Gasteiger partial charge in [-0.3, -0.25) is 5.10 Å². The van der Waals surface area contributed by atoms with Gasteiger partial charge in [0.15, 0.2) is 5.69 Å². The van der Waals surface area contributed by atoms with Gasteiger partial charge in [0.05, 0.1) is 27.1 Å². The smallest absolute Gasteiger partial charge is 0.434 e. The monoisotopic (exact) mass is 600 g/mol. The second-order valence-electron chi connectivity index (χ2n) is 9.68. The average molecular weight is 601 g/mol. The van der Waals surface area contributed by atoms with Crippen molar-refractivity contribution in [3.05, 3.63) is 41.2 Å². The highest BCUT2D eigenvalue weighted by atomic mass is 32.2. The Hall–Kier alpha value is -3.17. The van der Waals surface area contributed by atoms with Gasteiger partial charge in [0.25, 0.3) is 0 Å². The maximum atomic E-state index is 14.2. The molecule has 1 amide bonds. The molecule has 0 spiro atoms. The average Bonchev–Trinajstić information content (AvgIpc) is 3.54. The highest BCUT2D eigenvalue weighted by molar-refractivity contribution is 7.89. The number of thiazole rings is 1. The number of carbonyl (C=O) groups excluding carboxylic acids is 1. The topological polar surface area (TPSA) is 138 Å². The molecule has 1 saturated carbocycles. The fourth-order valence-electron chi connectivity index (χ4n) is 4.54. The summed E-state index contributed by atoms with van der Waals surface area (Å²) in [6.45, 7) is 5.13. The second-order valence-corrected chi connectivity index (χ2v) is 12.4. The third kappa shape index (κ3) is 7.12. The van der Waals surface area contributed by atoms with Crippen LogP contribution in [-0.2, 0) is 20.9 Å². The van der Waals surface area contributed by atoms with Crippen molar-refractivity contribution in [1.82, 2.24) is 25.2 Å². The fraction of sp³-hybridized carbons (Fsp3) is 0.480. The van der Waals surface area contributed by atoms with Gasteiger partial charge >= 0.3 is 12.3 Å². The van der Waals surface area contributed by atoms with E-state index in [1.165, 1.54) is 24.4 Å². The number of halogens is 3. The lowest BCUT2D eigenvalue weighted by Gasteiger charge is -2.28. The minimum Gasteiger partial charge on any atom is -0.447 e. The summed E-state index contributed by atoms with van der Waals surface area (Å²) in [6.07, 6.45) is -1.92. The molecule has 0 radical (unpaired) electrons. The summed E-state index contributed by atoms with van der Waals surface area (Å²) in [5.41, 5.74) is -0.848. The van der Waals surface area contributed by atoms with E-state index < -0.39 is 28.0 Å². The van der Waals surface area contributed by atoms with Crippen LogP contribution < -0.4 is 15.4 Å². The molecular formula is C25H31F3N6O4S2. The lowest BCUT2D eigenvalue weighted by Crippen LogP contribution is -2.38. The van der Waals surface area contributed by atoms with Crippen LogP contribution in [0.2, 0.25) is 0 Å². The summed E-state index contributed by atoms with van der Waals surface area (Å²) in [6, 6.07) is 5.64. The zero-order valence-corrected chi connectivity index (χ0v) is 23.8. The standard InChI is InChI=1S/C25H31F3N6O4S2/c1-4-30-40(36,37)19-13-17(31-20-11-12-29-34-20)9-10-18(19)21-22(25(26,27)28)33-23(39-21)15-5-7-16(8-6-15)32-24(35)38-14(2)3/h9-16,30H,4-8H2,1-3H3,(H,32,35)(H2,29,31,34)/t15-,16-. The normalized spacial score (nSPS) is 18.1. The maximum Gasteiger partial charge on any atom is 0.434 e. The molecule has 0 unspecified atom stereocenters. The number of rotatable bonds is 9. The number of alkyl carbamates (subject to hydrolysis) is 1. The van der Waals surface area contributed by atoms with E-state index >= 15 is 0 Å². The minimum atomic E-state index is -4.80. The molecule has 0 saturated heterocycles. The van der Waals surface area contributed by atoms with Gasteiger partial charge in [-0.2, -0.15) is 18.3 Å². The molecule has 1 aromatic carbocycles. The number of anilines is 2. The van der Waals surface area contributed by atoms with Gasteiger partial charge in [-0.25, -0.2) is 22.9 Å². The Bertz CT molecular complexity index is 1420. The van der Waals surface area contributed by atoms with E-state index in [-0.39, 0.29) is 45.0 Å². The third-order valence-electron chi connectivity index (χ3n) is 6.28. The van der Waals surface area contributed by atoms with Crippen molar-refractivity contribution in [3.8, 4) is 10.4 Å². The van der Waals surface area contributed by atoms with Crippen LogP contribution in [-0.4, -0.2) is 48.4 Å². The highest BCUT2D eigenvalue weighted by Crippen LogP contribution is 2.46. The quantitative estimate of drug-likeness (QED) is 0.245. The van der Waals surface area contributed by atoms with Crippen molar-refractivity contribution in [2.45, 2.75) is 75.6 Å². The third-order valence-corrected chi connectivity index (χ3v) is 9.12. The Morgan fingerprint density at radius 2 is 1.93 bits per heavy atom. The number of amides is 1. The molecule has 0 atom stereocenters. The van der Waals surface area contributed by atoms with Crippen LogP contribution in [0.1, 0.15) is 63.1 Å². The molecule has 4 N–H and O–H groups in total. The molecule has 1 aliphatic rings. The number of ether oxygens (including phenoxy) is 1. The van der Waals surface area contributed by atoms with Crippen LogP contribution in [0.15, 0.2) is 35.4 Å². The number of aromatic nitrogens is 3. The molecule has 15 heteroatoms. The van der Waals surface area contributed by atoms with E-state index in [9.17, 15) is 26.4 Å². The van der Waals surface area contributed by atoms with Crippen LogP contribution >= 0.6 is 11.3 Å².